The topological polar surface area (TPSA) is 26.3 Å². The minimum Gasteiger partial charge on any atom is -0.457 e. The van der Waals surface area contributed by atoms with E-state index in [0.717, 1.165) is 27.8 Å². The number of hydrogen-bond acceptors (Lipinski definition) is 2. The Balaban J connectivity index is 2.16. The first-order valence-corrected chi connectivity index (χ1v) is 6.22. The highest BCUT2D eigenvalue weighted by Gasteiger charge is 1.97. The van der Waals surface area contributed by atoms with Crippen LogP contribution in [0.15, 0.2) is 59.1 Å². The van der Waals surface area contributed by atoms with Crippen LogP contribution in [0.2, 0.25) is 0 Å². The van der Waals surface area contributed by atoms with Gasteiger partial charge in [-0.3, -0.25) is 4.79 Å². The molecule has 0 fully saturated rings. The number of aldehydes is 1. The van der Waals surface area contributed by atoms with Gasteiger partial charge in [0.2, 0.25) is 0 Å². The van der Waals surface area contributed by atoms with Gasteiger partial charge in [0.1, 0.15) is 17.8 Å². The Hall–Kier alpha value is -1.87. The maximum Gasteiger partial charge on any atom is 0.142 e. The molecule has 2 aromatic rings. The van der Waals surface area contributed by atoms with E-state index in [9.17, 15) is 4.79 Å². The molecule has 2 nitrogen and oxygen atoms in total. The van der Waals surface area contributed by atoms with E-state index in [1.165, 1.54) is 6.08 Å². The monoisotopic (exact) mass is 302 g/mol. The van der Waals surface area contributed by atoms with Crippen molar-refractivity contribution in [3.05, 3.63) is 64.6 Å². The molecule has 0 aromatic heterocycles. The predicted octanol–water partition coefficient (Wildman–Crippen LogP) is 4.45. The maximum absolute atomic E-state index is 10.3. The van der Waals surface area contributed by atoms with E-state index < -0.39 is 0 Å². The number of hydrogen-bond donors (Lipinski definition) is 0. The molecular formula is C15H11BrO2. The molecule has 0 aliphatic heterocycles. The van der Waals surface area contributed by atoms with Crippen LogP contribution >= 0.6 is 15.9 Å². The lowest BCUT2D eigenvalue weighted by molar-refractivity contribution is -0.104. The fourth-order valence-electron chi connectivity index (χ4n) is 1.47. The minimum absolute atomic E-state index is 0.741. The second-order valence-electron chi connectivity index (χ2n) is 3.62. The Kier molecular flexibility index (Phi) is 4.31. The Morgan fingerprint density at radius 2 is 1.78 bits per heavy atom. The second-order valence-corrected chi connectivity index (χ2v) is 4.54. The molecule has 0 heterocycles. The molecule has 2 aromatic carbocycles. The van der Waals surface area contributed by atoms with Crippen LogP contribution in [0.25, 0.3) is 6.08 Å². The Morgan fingerprint density at radius 1 is 1.00 bits per heavy atom. The van der Waals surface area contributed by atoms with Gasteiger partial charge in [-0.25, -0.2) is 0 Å². The summed E-state index contributed by atoms with van der Waals surface area (Å²) in [6, 6.07) is 15.2. The summed E-state index contributed by atoms with van der Waals surface area (Å²) in [7, 11) is 0. The first kappa shape index (κ1) is 12.6. The summed E-state index contributed by atoms with van der Waals surface area (Å²) >= 11 is 3.37. The normalized spacial score (nSPS) is 10.5. The fraction of sp³-hybridized carbons (Fsp3) is 0. The lowest BCUT2D eigenvalue weighted by atomic mass is 10.2. The van der Waals surface area contributed by atoms with Crippen molar-refractivity contribution < 1.29 is 9.53 Å². The molecule has 0 saturated carbocycles. The number of carbonyl (C=O) groups excluding carboxylic acids is 1. The lowest BCUT2D eigenvalue weighted by Crippen LogP contribution is -1.84. The third-order valence-corrected chi connectivity index (χ3v) is 2.80. The van der Waals surface area contributed by atoms with Crippen LogP contribution in [0, 0.1) is 0 Å². The first-order chi connectivity index (χ1) is 8.78. The summed E-state index contributed by atoms with van der Waals surface area (Å²) in [6.07, 6.45) is 3.95. The molecule has 0 atom stereocenters. The van der Waals surface area contributed by atoms with E-state index in [-0.39, 0.29) is 0 Å². The van der Waals surface area contributed by atoms with E-state index in [2.05, 4.69) is 15.9 Å². The number of halogens is 1. The predicted molar refractivity (Wildman–Crippen MR) is 75.8 cm³/mol. The summed E-state index contributed by atoms with van der Waals surface area (Å²) in [4.78, 5) is 10.3. The first-order valence-electron chi connectivity index (χ1n) is 5.43. The molecule has 0 aliphatic carbocycles. The number of carbonyl (C=O) groups is 1. The summed E-state index contributed by atoms with van der Waals surface area (Å²) in [6.45, 7) is 0. The fourth-order valence-corrected chi connectivity index (χ4v) is 1.74. The van der Waals surface area contributed by atoms with Gasteiger partial charge in [0.15, 0.2) is 0 Å². The van der Waals surface area contributed by atoms with Crippen molar-refractivity contribution in [2.24, 2.45) is 0 Å². The molecule has 0 unspecified atom stereocenters. The third-order valence-electron chi connectivity index (χ3n) is 2.27. The standard InChI is InChI=1S/C15H11BrO2/c16-13-6-8-14(9-7-13)18-15-5-1-3-12(11-15)4-2-10-17/h1-11H. The van der Waals surface area contributed by atoms with Gasteiger partial charge in [-0.2, -0.15) is 0 Å². The van der Waals surface area contributed by atoms with Crippen LogP contribution in [0.1, 0.15) is 5.56 Å². The third kappa shape index (κ3) is 3.57. The Bertz CT molecular complexity index is 559. The van der Waals surface area contributed by atoms with Gasteiger partial charge >= 0.3 is 0 Å². The average Bonchev–Trinajstić information content (AvgIpc) is 2.40. The van der Waals surface area contributed by atoms with Crippen LogP contribution in [0.4, 0.5) is 0 Å². The lowest BCUT2D eigenvalue weighted by Gasteiger charge is -2.06. The Morgan fingerprint density at radius 3 is 2.50 bits per heavy atom. The molecule has 90 valence electrons. The van der Waals surface area contributed by atoms with Crippen molar-refractivity contribution in [1.29, 1.82) is 0 Å². The summed E-state index contributed by atoms with van der Waals surface area (Å²) in [5.74, 6) is 1.51. The minimum atomic E-state index is 0.741. The summed E-state index contributed by atoms with van der Waals surface area (Å²) in [5.41, 5.74) is 0.928. The van der Waals surface area contributed by atoms with Gasteiger partial charge in [0, 0.05) is 4.47 Å². The van der Waals surface area contributed by atoms with E-state index in [1.54, 1.807) is 6.08 Å². The van der Waals surface area contributed by atoms with E-state index >= 15 is 0 Å². The van der Waals surface area contributed by atoms with Crippen molar-refractivity contribution in [2.45, 2.75) is 0 Å². The van der Waals surface area contributed by atoms with Gasteiger partial charge in [0.25, 0.3) is 0 Å². The van der Waals surface area contributed by atoms with Crippen molar-refractivity contribution in [3.63, 3.8) is 0 Å². The van der Waals surface area contributed by atoms with Gasteiger partial charge in [-0.15, -0.1) is 0 Å². The zero-order valence-corrected chi connectivity index (χ0v) is 11.1. The van der Waals surface area contributed by atoms with Crippen LogP contribution in [-0.4, -0.2) is 6.29 Å². The molecule has 0 spiro atoms. The number of benzene rings is 2. The van der Waals surface area contributed by atoms with Crippen molar-refractivity contribution in [1.82, 2.24) is 0 Å². The van der Waals surface area contributed by atoms with Gasteiger partial charge in [-0.05, 0) is 48.0 Å². The summed E-state index contributed by atoms with van der Waals surface area (Å²) < 4.78 is 6.72. The highest BCUT2D eigenvalue weighted by atomic mass is 79.9. The van der Waals surface area contributed by atoms with Gasteiger partial charge in [0.05, 0.1) is 0 Å². The molecule has 0 aliphatic rings. The molecule has 2 rings (SSSR count). The van der Waals surface area contributed by atoms with E-state index in [4.69, 9.17) is 4.74 Å². The zero-order valence-electron chi connectivity index (χ0n) is 9.55. The van der Waals surface area contributed by atoms with Gasteiger partial charge < -0.3 is 4.74 Å². The number of ether oxygens (including phenoxy) is 1. The molecular weight excluding hydrogens is 292 g/mol. The smallest absolute Gasteiger partial charge is 0.142 e. The van der Waals surface area contributed by atoms with E-state index in [0.29, 0.717) is 0 Å². The zero-order chi connectivity index (χ0) is 12.8. The largest absolute Gasteiger partial charge is 0.457 e. The SMILES string of the molecule is O=CC=Cc1cccc(Oc2ccc(Br)cc2)c1. The quantitative estimate of drug-likeness (QED) is 0.616. The molecule has 0 N–H and O–H groups in total. The van der Waals surface area contributed by atoms with Crippen LogP contribution in [0.5, 0.6) is 11.5 Å². The van der Waals surface area contributed by atoms with Crippen LogP contribution < -0.4 is 4.74 Å². The number of allylic oxidation sites excluding steroid dienone is 1. The number of rotatable bonds is 4. The highest BCUT2D eigenvalue weighted by Crippen LogP contribution is 2.24. The molecule has 0 saturated heterocycles. The second kappa shape index (κ2) is 6.17. The molecule has 18 heavy (non-hydrogen) atoms. The molecule has 0 radical (unpaired) electrons. The van der Waals surface area contributed by atoms with Crippen molar-refractivity contribution in [3.8, 4) is 11.5 Å². The average molecular weight is 303 g/mol. The van der Waals surface area contributed by atoms with Crippen molar-refractivity contribution >= 4 is 28.3 Å². The van der Waals surface area contributed by atoms with Crippen LogP contribution in [0.3, 0.4) is 0 Å². The van der Waals surface area contributed by atoms with Gasteiger partial charge in [-0.1, -0.05) is 34.1 Å². The molecule has 0 amide bonds. The van der Waals surface area contributed by atoms with Crippen molar-refractivity contribution in [2.75, 3.05) is 0 Å². The van der Waals surface area contributed by atoms with E-state index in [1.807, 2.05) is 48.5 Å². The van der Waals surface area contributed by atoms with Crippen LogP contribution in [-0.2, 0) is 4.79 Å². The highest BCUT2D eigenvalue weighted by molar-refractivity contribution is 9.10. The molecule has 3 heteroatoms. The summed E-state index contributed by atoms with van der Waals surface area (Å²) in [5, 5.41) is 0. The maximum atomic E-state index is 10.3. The Labute approximate surface area is 114 Å². The molecule has 0 bridgehead atoms.